The van der Waals surface area contributed by atoms with Gasteiger partial charge in [-0.2, -0.15) is 0 Å². The zero-order chi connectivity index (χ0) is 38.1. The van der Waals surface area contributed by atoms with Crippen molar-refractivity contribution in [1.82, 2.24) is 0 Å². The molecule has 0 aliphatic heterocycles. The Balaban J connectivity index is 4.27. The van der Waals surface area contributed by atoms with Gasteiger partial charge in [0.2, 0.25) is 0 Å². The first-order valence-corrected chi connectivity index (χ1v) is 21.6. The van der Waals surface area contributed by atoms with Crippen LogP contribution < -0.4 is 5.73 Å². The second-order valence-electron chi connectivity index (χ2n) is 12.8. The molecule has 52 heavy (non-hydrogen) atoms. The van der Waals surface area contributed by atoms with E-state index >= 15 is 0 Å². The van der Waals surface area contributed by atoms with Crippen molar-refractivity contribution in [3.05, 3.63) is 85.3 Å². The summed E-state index contributed by atoms with van der Waals surface area (Å²) in [5.74, 6) is -0.415. The van der Waals surface area contributed by atoms with Crippen LogP contribution in [0.25, 0.3) is 0 Å². The molecule has 0 spiro atoms. The quantitative estimate of drug-likeness (QED) is 0.0212. The molecule has 0 aromatic carbocycles. The van der Waals surface area contributed by atoms with Crippen molar-refractivity contribution in [3.8, 4) is 0 Å². The van der Waals surface area contributed by atoms with Crippen molar-refractivity contribution in [1.29, 1.82) is 0 Å². The molecule has 0 rings (SSSR count). The number of rotatable bonds is 37. The van der Waals surface area contributed by atoms with Crippen LogP contribution in [0.2, 0.25) is 0 Å². The molecule has 2 atom stereocenters. The van der Waals surface area contributed by atoms with Crippen LogP contribution in [-0.4, -0.2) is 43.3 Å². The normalized spacial score (nSPS) is 14.4. The summed E-state index contributed by atoms with van der Waals surface area (Å²) in [6, 6.07) is 0. The van der Waals surface area contributed by atoms with Gasteiger partial charge in [0.25, 0.3) is 0 Å². The predicted molar refractivity (Wildman–Crippen MR) is 219 cm³/mol. The zero-order valence-corrected chi connectivity index (χ0v) is 33.7. The number of ether oxygens (including phenoxy) is 2. The summed E-state index contributed by atoms with van der Waals surface area (Å²) in [7, 11) is -4.31. The van der Waals surface area contributed by atoms with E-state index in [0.29, 0.717) is 6.42 Å². The lowest BCUT2D eigenvalue weighted by atomic mass is 10.1. The van der Waals surface area contributed by atoms with Gasteiger partial charge in [0.1, 0.15) is 6.61 Å². The van der Waals surface area contributed by atoms with E-state index in [0.717, 1.165) is 64.2 Å². The molecule has 0 aliphatic carbocycles. The molecule has 8 nitrogen and oxygen atoms in total. The lowest BCUT2D eigenvalue weighted by Crippen LogP contribution is -2.27. The highest BCUT2D eigenvalue weighted by molar-refractivity contribution is 7.47. The summed E-state index contributed by atoms with van der Waals surface area (Å²) in [6.45, 7) is 4.02. The monoisotopic (exact) mass is 748 g/mol. The fourth-order valence-corrected chi connectivity index (χ4v) is 5.70. The van der Waals surface area contributed by atoms with Crippen molar-refractivity contribution >= 4 is 13.8 Å². The van der Waals surface area contributed by atoms with Crippen LogP contribution in [0.1, 0.15) is 149 Å². The SMILES string of the molecule is CCC=CCC=CCC=CCC=CCC=CCCCC(=O)OC(COC=CCCCCCCC=CCCCCCCCC)COP(=O)(O)OCCN. The van der Waals surface area contributed by atoms with E-state index in [2.05, 4.69) is 86.8 Å². The average Bonchev–Trinajstić information content (AvgIpc) is 3.13. The molecule has 0 saturated heterocycles. The molecule has 0 saturated carbocycles. The molecule has 0 aliphatic rings. The van der Waals surface area contributed by atoms with Gasteiger partial charge in [-0.1, -0.05) is 132 Å². The molecule has 0 bridgehead atoms. The molecule has 3 N–H and O–H groups in total. The molecule has 0 radical (unpaired) electrons. The molecule has 0 heterocycles. The van der Waals surface area contributed by atoms with E-state index in [9.17, 15) is 14.3 Å². The zero-order valence-electron chi connectivity index (χ0n) is 32.8. The topological polar surface area (TPSA) is 117 Å². The summed E-state index contributed by atoms with van der Waals surface area (Å²) in [4.78, 5) is 22.4. The molecular formula is C43H74NO7P. The molecule has 9 heteroatoms. The maximum absolute atomic E-state index is 12.5. The Kier molecular flexibility index (Phi) is 37.8. The second-order valence-corrected chi connectivity index (χ2v) is 14.3. The maximum atomic E-state index is 12.5. The van der Waals surface area contributed by atoms with Crippen molar-refractivity contribution in [2.24, 2.45) is 5.73 Å². The summed E-state index contributed by atoms with van der Waals surface area (Å²) in [5.41, 5.74) is 5.35. The number of phosphoric acid groups is 1. The Morgan fingerprint density at radius 2 is 1.10 bits per heavy atom. The number of esters is 1. The molecule has 0 aromatic heterocycles. The summed E-state index contributed by atoms with van der Waals surface area (Å²) < 4.78 is 33.0. The third kappa shape index (κ3) is 38.7. The van der Waals surface area contributed by atoms with Crippen LogP contribution in [0.3, 0.4) is 0 Å². The number of unbranched alkanes of at least 4 members (excludes halogenated alkanes) is 12. The van der Waals surface area contributed by atoms with E-state index in [1.54, 1.807) is 6.26 Å². The van der Waals surface area contributed by atoms with Crippen molar-refractivity contribution in [2.75, 3.05) is 26.4 Å². The van der Waals surface area contributed by atoms with Gasteiger partial charge in [0.05, 0.1) is 19.5 Å². The van der Waals surface area contributed by atoms with Crippen molar-refractivity contribution in [3.63, 3.8) is 0 Å². The Labute approximate surface area is 318 Å². The summed E-state index contributed by atoms with van der Waals surface area (Å²) >= 11 is 0. The van der Waals surface area contributed by atoms with Crippen LogP contribution in [0.4, 0.5) is 0 Å². The lowest BCUT2D eigenvalue weighted by Gasteiger charge is -2.19. The minimum absolute atomic E-state index is 0.00102. The highest BCUT2D eigenvalue weighted by Crippen LogP contribution is 2.43. The van der Waals surface area contributed by atoms with E-state index in [1.807, 2.05) is 6.08 Å². The Hall–Kier alpha value is -2.48. The van der Waals surface area contributed by atoms with Gasteiger partial charge in [-0.15, -0.1) is 0 Å². The van der Waals surface area contributed by atoms with Gasteiger partial charge in [-0.3, -0.25) is 13.8 Å². The number of hydrogen-bond acceptors (Lipinski definition) is 7. The average molecular weight is 748 g/mol. The Morgan fingerprint density at radius 3 is 1.65 bits per heavy atom. The van der Waals surface area contributed by atoms with Crippen molar-refractivity contribution in [2.45, 2.75) is 155 Å². The van der Waals surface area contributed by atoms with Gasteiger partial charge < -0.3 is 20.1 Å². The third-order valence-corrected chi connectivity index (χ3v) is 8.84. The summed E-state index contributed by atoms with van der Waals surface area (Å²) in [6.07, 6.45) is 51.3. The summed E-state index contributed by atoms with van der Waals surface area (Å²) in [5, 5.41) is 0. The van der Waals surface area contributed by atoms with Gasteiger partial charge >= 0.3 is 13.8 Å². The van der Waals surface area contributed by atoms with Crippen LogP contribution in [0, 0.1) is 0 Å². The number of carbonyl (C=O) groups is 1. The fraction of sp³-hybridized carbons (Fsp3) is 0.651. The van der Waals surface area contributed by atoms with Gasteiger partial charge in [0, 0.05) is 13.0 Å². The molecular weight excluding hydrogens is 673 g/mol. The maximum Gasteiger partial charge on any atom is 0.472 e. The number of carbonyl (C=O) groups excluding carboxylic acids is 1. The highest BCUT2D eigenvalue weighted by atomic mass is 31.2. The van der Waals surface area contributed by atoms with Gasteiger partial charge in [-0.05, 0) is 89.5 Å². The minimum Gasteiger partial charge on any atom is -0.498 e. The first-order valence-electron chi connectivity index (χ1n) is 20.1. The number of allylic oxidation sites excluding steroid dienone is 13. The van der Waals surface area contributed by atoms with Gasteiger partial charge in [-0.25, -0.2) is 4.57 Å². The highest BCUT2D eigenvalue weighted by Gasteiger charge is 2.25. The minimum atomic E-state index is -4.31. The van der Waals surface area contributed by atoms with E-state index in [1.165, 1.54) is 57.8 Å². The van der Waals surface area contributed by atoms with Crippen LogP contribution in [-0.2, 0) is 27.9 Å². The second kappa shape index (κ2) is 39.7. The largest absolute Gasteiger partial charge is 0.498 e. The first kappa shape index (κ1) is 49.5. The molecule has 0 amide bonds. The van der Waals surface area contributed by atoms with Gasteiger partial charge in [0.15, 0.2) is 6.10 Å². The molecule has 2 unspecified atom stereocenters. The van der Waals surface area contributed by atoms with Crippen LogP contribution in [0.15, 0.2) is 85.3 Å². The smallest absolute Gasteiger partial charge is 0.472 e. The first-order chi connectivity index (χ1) is 25.4. The number of hydrogen-bond donors (Lipinski definition) is 2. The van der Waals surface area contributed by atoms with E-state index < -0.39 is 19.9 Å². The Morgan fingerprint density at radius 1 is 0.615 bits per heavy atom. The molecule has 298 valence electrons. The Bertz CT molecular complexity index is 1060. The molecule has 0 fully saturated rings. The van der Waals surface area contributed by atoms with E-state index in [-0.39, 0.29) is 32.8 Å². The van der Waals surface area contributed by atoms with Crippen LogP contribution >= 0.6 is 7.82 Å². The fourth-order valence-electron chi connectivity index (χ4n) is 4.93. The molecule has 0 aromatic rings. The number of nitrogens with two attached hydrogens (primary N) is 1. The third-order valence-electron chi connectivity index (χ3n) is 7.86. The van der Waals surface area contributed by atoms with Crippen LogP contribution in [0.5, 0.6) is 0 Å². The lowest BCUT2D eigenvalue weighted by molar-refractivity contribution is -0.153. The standard InChI is InChI=1S/C43H74NO7P/c1-3-5-7-9-11-13-15-17-19-21-22-24-26-28-30-32-34-36-43(45)51-42(41-50-52(46,47)49-39-37-44)40-48-38-35-33-31-29-27-25-23-20-18-16-14-12-10-8-6-4-2/h5,7,11,13,17-20,22,24,28,30,35,38,42H,3-4,6,8-10,12,14-16,21,23,25-27,29,31-34,36-37,39-41,44H2,1-2H3,(H,46,47). The number of phosphoric ester groups is 1. The van der Waals surface area contributed by atoms with E-state index in [4.69, 9.17) is 24.3 Å². The predicted octanol–water partition coefficient (Wildman–Crippen LogP) is 12.1. The van der Waals surface area contributed by atoms with Crippen molar-refractivity contribution < 1.29 is 32.8 Å².